The molecule has 1 aromatic carbocycles. The molecule has 0 fully saturated rings. The minimum atomic E-state index is -4.20. The van der Waals surface area contributed by atoms with E-state index in [9.17, 15) is 13.2 Å². The Hall–Kier alpha value is -2.64. The third-order valence-corrected chi connectivity index (χ3v) is 3.68. The molecule has 24 heavy (non-hydrogen) atoms. The number of nitrogens with zero attached hydrogens (tertiary/aromatic N) is 5. The Bertz CT molecular complexity index is 775. The predicted molar refractivity (Wildman–Crippen MR) is 82.2 cm³/mol. The minimum absolute atomic E-state index is 0.0686. The molecule has 0 aliphatic carbocycles. The van der Waals surface area contributed by atoms with Crippen molar-refractivity contribution in [1.82, 2.24) is 24.3 Å². The Morgan fingerprint density at radius 1 is 1.17 bits per heavy atom. The van der Waals surface area contributed by atoms with Crippen molar-refractivity contribution in [3.05, 3.63) is 54.9 Å². The molecule has 0 amide bonds. The number of rotatable bonds is 5. The molecule has 3 rings (SSSR count). The average molecular weight is 335 g/mol. The largest absolute Gasteiger partial charge is 0.393 e. The summed E-state index contributed by atoms with van der Waals surface area (Å²) in [6, 6.07) is 6.39. The second-order valence-corrected chi connectivity index (χ2v) is 5.61. The maximum absolute atomic E-state index is 12.4. The summed E-state index contributed by atoms with van der Waals surface area (Å²) in [5.74, 6) is 0.709. The first-order valence-corrected chi connectivity index (χ1v) is 7.44. The van der Waals surface area contributed by atoms with Crippen LogP contribution in [0.5, 0.6) is 0 Å². The molecular weight excluding hydrogens is 319 g/mol. The summed E-state index contributed by atoms with van der Waals surface area (Å²) in [4.78, 5) is 8.25. The van der Waals surface area contributed by atoms with Crippen molar-refractivity contribution in [2.24, 2.45) is 0 Å². The normalized spacial score (nSPS) is 13.2. The van der Waals surface area contributed by atoms with Gasteiger partial charge in [-0.2, -0.15) is 18.3 Å². The average Bonchev–Trinajstić information content (AvgIpc) is 3.17. The molecular formula is C16H16F3N5. The first-order chi connectivity index (χ1) is 11.4. The number of hydrogen-bond acceptors (Lipinski definition) is 3. The second kappa shape index (κ2) is 6.46. The third kappa shape index (κ3) is 3.81. The fourth-order valence-corrected chi connectivity index (χ4v) is 2.58. The van der Waals surface area contributed by atoms with E-state index in [1.54, 1.807) is 29.3 Å². The van der Waals surface area contributed by atoms with E-state index in [1.807, 2.05) is 17.7 Å². The van der Waals surface area contributed by atoms with Crippen LogP contribution in [0.25, 0.3) is 11.4 Å². The van der Waals surface area contributed by atoms with E-state index in [2.05, 4.69) is 15.1 Å². The highest BCUT2D eigenvalue weighted by molar-refractivity contribution is 5.56. The molecule has 0 aliphatic rings. The maximum atomic E-state index is 12.4. The van der Waals surface area contributed by atoms with Crippen LogP contribution in [0.15, 0.2) is 49.3 Å². The van der Waals surface area contributed by atoms with Crippen molar-refractivity contribution in [1.29, 1.82) is 0 Å². The van der Waals surface area contributed by atoms with Crippen molar-refractivity contribution in [2.45, 2.75) is 32.1 Å². The topological polar surface area (TPSA) is 48.5 Å². The molecule has 2 heterocycles. The van der Waals surface area contributed by atoms with Crippen LogP contribution in [0.1, 0.15) is 18.5 Å². The lowest BCUT2D eigenvalue weighted by Gasteiger charge is -2.16. The molecule has 0 spiro atoms. The van der Waals surface area contributed by atoms with E-state index >= 15 is 0 Å². The van der Waals surface area contributed by atoms with Gasteiger partial charge in [0.1, 0.15) is 18.5 Å². The van der Waals surface area contributed by atoms with Gasteiger partial charge in [0.05, 0.1) is 19.0 Å². The van der Waals surface area contributed by atoms with Crippen LogP contribution in [-0.4, -0.2) is 30.5 Å². The van der Waals surface area contributed by atoms with Gasteiger partial charge < -0.3 is 4.57 Å². The summed E-state index contributed by atoms with van der Waals surface area (Å²) in [5.41, 5.74) is 1.01. The molecule has 2 aromatic heterocycles. The fraction of sp³-hybridized carbons (Fsp3) is 0.312. The van der Waals surface area contributed by atoms with Gasteiger partial charge in [-0.05, 0) is 12.5 Å². The Kier molecular flexibility index (Phi) is 4.37. The highest BCUT2D eigenvalue weighted by Crippen LogP contribution is 2.25. The smallest absolute Gasteiger partial charge is 0.326 e. The summed E-state index contributed by atoms with van der Waals surface area (Å²) in [6.45, 7) is 2.64. The van der Waals surface area contributed by atoms with Crippen molar-refractivity contribution in [3.63, 3.8) is 0 Å². The second-order valence-electron chi connectivity index (χ2n) is 5.61. The first kappa shape index (κ1) is 16.2. The van der Waals surface area contributed by atoms with E-state index in [0.29, 0.717) is 12.4 Å². The van der Waals surface area contributed by atoms with Crippen LogP contribution in [-0.2, 0) is 13.0 Å². The molecule has 0 saturated heterocycles. The lowest BCUT2D eigenvalue weighted by atomic mass is 10.1. The lowest BCUT2D eigenvalue weighted by Crippen LogP contribution is -2.14. The molecule has 1 atom stereocenters. The summed E-state index contributed by atoms with van der Waals surface area (Å²) in [7, 11) is 0. The van der Waals surface area contributed by atoms with Gasteiger partial charge in [-0.15, -0.1) is 0 Å². The van der Waals surface area contributed by atoms with Gasteiger partial charge in [-0.25, -0.2) is 9.97 Å². The zero-order valence-corrected chi connectivity index (χ0v) is 13.0. The monoisotopic (exact) mass is 335 g/mol. The maximum Gasteiger partial charge on any atom is 0.393 e. The van der Waals surface area contributed by atoms with Crippen LogP contribution in [0, 0.1) is 0 Å². The standard InChI is InChI=1S/C16H16F3N5/c1-12(9-23-11-20-10-22-23)24-7-6-21-15(24)14-4-2-13(3-5-14)8-16(17,18)19/h2-7,10-12H,8-9H2,1H3. The highest BCUT2D eigenvalue weighted by atomic mass is 19.4. The Morgan fingerprint density at radius 3 is 2.54 bits per heavy atom. The van der Waals surface area contributed by atoms with Gasteiger partial charge >= 0.3 is 6.18 Å². The molecule has 126 valence electrons. The minimum Gasteiger partial charge on any atom is -0.326 e. The number of hydrogen-bond donors (Lipinski definition) is 0. The zero-order valence-electron chi connectivity index (χ0n) is 13.0. The van der Waals surface area contributed by atoms with Crippen molar-refractivity contribution in [2.75, 3.05) is 0 Å². The van der Waals surface area contributed by atoms with Gasteiger partial charge in [0.2, 0.25) is 0 Å². The summed E-state index contributed by atoms with van der Waals surface area (Å²) < 4.78 is 41.0. The predicted octanol–water partition coefficient (Wildman–Crippen LogP) is 3.51. The number of benzene rings is 1. The van der Waals surface area contributed by atoms with E-state index in [1.165, 1.54) is 18.5 Å². The third-order valence-electron chi connectivity index (χ3n) is 3.68. The van der Waals surface area contributed by atoms with Gasteiger partial charge in [0, 0.05) is 18.0 Å². The summed E-state index contributed by atoms with van der Waals surface area (Å²) >= 11 is 0. The van der Waals surface area contributed by atoms with E-state index in [-0.39, 0.29) is 11.6 Å². The van der Waals surface area contributed by atoms with Gasteiger partial charge in [-0.1, -0.05) is 24.3 Å². The molecule has 3 aromatic rings. The molecule has 0 N–H and O–H groups in total. The number of alkyl halides is 3. The number of halogens is 3. The molecule has 0 saturated carbocycles. The van der Waals surface area contributed by atoms with Crippen LogP contribution in [0.2, 0.25) is 0 Å². The molecule has 8 heteroatoms. The first-order valence-electron chi connectivity index (χ1n) is 7.44. The zero-order chi connectivity index (χ0) is 17.2. The molecule has 0 aliphatic heterocycles. The molecule has 1 unspecified atom stereocenters. The molecule has 0 radical (unpaired) electrons. The van der Waals surface area contributed by atoms with Gasteiger partial charge in [-0.3, -0.25) is 4.68 Å². The summed E-state index contributed by atoms with van der Waals surface area (Å²) in [6.07, 6.45) is 1.51. The van der Waals surface area contributed by atoms with Gasteiger partial charge in [0.15, 0.2) is 0 Å². The lowest BCUT2D eigenvalue weighted by molar-refractivity contribution is -0.127. The Morgan fingerprint density at radius 2 is 1.92 bits per heavy atom. The van der Waals surface area contributed by atoms with Gasteiger partial charge in [0.25, 0.3) is 0 Å². The van der Waals surface area contributed by atoms with Crippen molar-refractivity contribution < 1.29 is 13.2 Å². The Balaban J connectivity index is 1.79. The van der Waals surface area contributed by atoms with Crippen LogP contribution < -0.4 is 0 Å². The van der Waals surface area contributed by atoms with E-state index in [0.717, 1.165) is 5.56 Å². The van der Waals surface area contributed by atoms with E-state index < -0.39 is 12.6 Å². The number of imidazole rings is 1. The Labute approximate surface area is 136 Å². The van der Waals surface area contributed by atoms with Crippen LogP contribution in [0.4, 0.5) is 13.2 Å². The van der Waals surface area contributed by atoms with Crippen molar-refractivity contribution in [3.8, 4) is 11.4 Å². The molecule has 0 bridgehead atoms. The quantitative estimate of drug-likeness (QED) is 0.717. The number of aromatic nitrogens is 5. The van der Waals surface area contributed by atoms with Crippen molar-refractivity contribution >= 4 is 0 Å². The van der Waals surface area contributed by atoms with Crippen LogP contribution >= 0.6 is 0 Å². The highest BCUT2D eigenvalue weighted by Gasteiger charge is 2.27. The molecule has 5 nitrogen and oxygen atoms in total. The fourth-order valence-electron chi connectivity index (χ4n) is 2.58. The summed E-state index contributed by atoms with van der Waals surface area (Å²) in [5, 5.41) is 4.08. The SMILES string of the molecule is CC(Cn1cncn1)n1ccnc1-c1ccc(CC(F)(F)F)cc1. The van der Waals surface area contributed by atoms with E-state index in [4.69, 9.17) is 0 Å². The van der Waals surface area contributed by atoms with Crippen LogP contribution in [0.3, 0.4) is 0 Å².